The van der Waals surface area contributed by atoms with Crippen LogP contribution >= 0.6 is 0 Å². The minimum atomic E-state index is -4.63. The molecule has 1 amide bonds. The van der Waals surface area contributed by atoms with E-state index >= 15 is 0 Å². The Labute approximate surface area is 88.5 Å². The lowest BCUT2D eigenvalue weighted by Gasteiger charge is -2.13. The molecule has 0 aliphatic heterocycles. The number of amides is 1. The molecule has 0 aromatic carbocycles. The zero-order valence-electron chi connectivity index (χ0n) is 8.12. The third kappa shape index (κ3) is 2.85. The van der Waals surface area contributed by atoms with Crippen LogP contribution in [0.2, 0.25) is 0 Å². The van der Waals surface area contributed by atoms with Gasteiger partial charge in [0.1, 0.15) is 5.69 Å². The van der Waals surface area contributed by atoms with Crippen molar-refractivity contribution < 1.29 is 18.0 Å². The van der Waals surface area contributed by atoms with Crippen molar-refractivity contribution >= 4 is 5.91 Å². The molecular weight excluding hydrogens is 225 g/mol. The quantitative estimate of drug-likeness (QED) is 0.838. The molecule has 0 bridgehead atoms. The third-order valence-corrected chi connectivity index (χ3v) is 1.92. The molecular formula is C9H9F3N2O2. The number of rotatable bonds is 3. The molecule has 0 spiro atoms. The first-order valence-corrected chi connectivity index (χ1v) is 4.37. The van der Waals surface area contributed by atoms with Gasteiger partial charge in [-0.3, -0.25) is 9.59 Å². The summed E-state index contributed by atoms with van der Waals surface area (Å²) in [4.78, 5) is 21.7. The van der Waals surface area contributed by atoms with E-state index in [1.54, 1.807) is 0 Å². The van der Waals surface area contributed by atoms with Gasteiger partial charge >= 0.3 is 6.18 Å². The molecule has 4 nitrogen and oxygen atoms in total. The Bertz CT molecular complexity index is 451. The van der Waals surface area contributed by atoms with Crippen molar-refractivity contribution in [1.29, 1.82) is 0 Å². The SMILES string of the molecule is NC(=O)CCn1c(C(F)(F)F)cccc1=O. The molecule has 0 saturated carbocycles. The minimum Gasteiger partial charge on any atom is -0.370 e. The zero-order chi connectivity index (χ0) is 12.3. The fourth-order valence-electron chi connectivity index (χ4n) is 1.22. The van der Waals surface area contributed by atoms with Gasteiger partial charge in [0, 0.05) is 19.0 Å². The number of carbonyl (C=O) groups is 1. The van der Waals surface area contributed by atoms with E-state index in [2.05, 4.69) is 0 Å². The Morgan fingerprint density at radius 2 is 2.00 bits per heavy atom. The summed E-state index contributed by atoms with van der Waals surface area (Å²) in [6.45, 7) is -0.371. The van der Waals surface area contributed by atoms with Crippen molar-refractivity contribution in [2.75, 3.05) is 0 Å². The molecule has 1 aromatic heterocycles. The summed E-state index contributed by atoms with van der Waals surface area (Å²) < 4.78 is 37.9. The number of halogens is 3. The van der Waals surface area contributed by atoms with Gasteiger partial charge in [-0.15, -0.1) is 0 Å². The Hall–Kier alpha value is -1.79. The Morgan fingerprint density at radius 3 is 2.50 bits per heavy atom. The summed E-state index contributed by atoms with van der Waals surface area (Å²) in [5.41, 5.74) is 2.92. The van der Waals surface area contributed by atoms with Crippen LogP contribution in [0, 0.1) is 0 Å². The molecule has 0 radical (unpaired) electrons. The summed E-state index contributed by atoms with van der Waals surface area (Å²) >= 11 is 0. The first-order valence-electron chi connectivity index (χ1n) is 4.37. The van der Waals surface area contributed by atoms with Crippen molar-refractivity contribution in [3.05, 3.63) is 34.2 Å². The highest BCUT2D eigenvalue weighted by molar-refractivity contribution is 5.73. The van der Waals surface area contributed by atoms with Crippen LogP contribution in [0.4, 0.5) is 13.2 Å². The van der Waals surface area contributed by atoms with Crippen LogP contribution < -0.4 is 11.3 Å². The average molecular weight is 234 g/mol. The van der Waals surface area contributed by atoms with Crippen LogP contribution in [-0.4, -0.2) is 10.5 Å². The molecule has 1 rings (SSSR count). The van der Waals surface area contributed by atoms with Crippen LogP contribution in [0.1, 0.15) is 12.1 Å². The van der Waals surface area contributed by atoms with Gasteiger partial charge in [0.2, 0.25) is 5.91 Å². The van der Waals surface area contributed by atoms with Gasteiger partial charge in [-0.05, 0) is 6.07 Å². The van der Waals surface area contributed by atoms with E-state index in [1.165, 1.54) is 0 Å². The molecule has 0 unspecified atom stereocenters. The molecule has 88 valence electrons. The maximum atomic E-state index is 12.5. The lowest BCUT2D eigenvalue weighted by Crippen LogP contribution is -2.29. The van der Waals surface area contributed by atoms with Crippen LogP contribution in [0.5, 0.6) is 0 Å². The van der Waals surface area contributed by atoms with Gasteiger partial charge in [0.25, 0.3) is 5.56 Å². The number of aromatic nitrogens is 1. The van der Waals surface area contributed by atoms with Crippen LogP contribution in [-0.2, 0) is 17.5 Å². The Balaban J connectivity index is 3.14. The second-order valence-electron chi connectivity index (χ2n) is 3.11. The minimum absolute atomic E-state index is 0.312. The maximum Gasteiger partial charge on any atom is 0.431 e. The monoisotopic (exact) mass is 234 g/mol. The molecule has 0 fully saturated rings. The van der Waals surface area contributed by atoms with E-state index < -0.39 is 23.3 Å². The summed E-state index contributed by atoms with van der Waals surface area (Å²) in [6, 6.07) is 2.80. The van der Waals surface area contributed by atoms with E-state index in [-0.39, 0.29) is 13.0 Å². The molecule has 0 aliphatic rings. The van der Waals surface area contributed by atoms with Crippen molar-refractivity contribution in [3.8, 4) is 0 Å². The van der Waals surface area contributed by atoms with Gasteiger partial charge in [-0.25, -0.2) is 0 Å². The number of nitrogens with zero attached hydrogens (tertiary/aromatic N) is 1. The fourth-order valence-corrected chi connectivity index (χ4v) is 1.22. The zero-order valence-corrected chi connectivity index (χ0v) is 8.12. The molecule has 7 heteroatoms. The summed E-state index contributed by atoms with van der Waals surface area (Å²) in [5, 5.41) is 0. The highest BCUT2D eigenvalue weighted by Crippen LogP contribution is 2.28. The highest BCUT2D eigenvalue weighted by Gasteiger charge is 2.34. The van der Waals surface area contributed by atoms with E-state index in [9.17, 15) is 22.8 Å². The molecule has 1 aromatic rings. The number of nitrogens with two attached hydrogens (primary N) is 1. The van der Waals surface area contributed by atoms with E-state index in [0.717, 1.165) is 18.2 Å². The first-order chi connectivity index (χ1) is 7.32. The van der Waals surface area contributed by atoms with Crippen molar-refractivity contribution in [3.63, 3.8) is 0 Å². The number of hydrogen-bond donors (Lipinski definition) is 1. The molecule has 2 N–H and O–H groups in total. The lowest BCUT2D eigenvalue weighted by atomic mass is 10.3. The van der Waals surface area contributed by atoms with Gasteiger partial charge in [-0.1, -0.05) is 6.07 Å². The normalized spacial score (nSPS) is 11.4. The number of primary amides is 1. The molecule has 0 saturated heterocycles. The highest BCUT2D eigenvalue weighted by atomic mass is 19.4. The molecule has 0 aliphatic carbocycles. The van der Waals surface area contributed by atoms with Gasteiger partial charge in [-0.2, -0.15) is 13.2 Å². The van der Waals surface area contributed by atoms with Gasteiger partial charge < -0.3 is 10.3 Å². The van der Waals surface area contributed by atoms with Crippen molar-refractivity contribution in [2.45, 2.75) is 19.1 Å². The summed E-state index contributed by atoms with van der Waals surface area (Å²) in [6.07, 6.45) is -4.94. The second-order valence-corrected chi connectivity index (χ2v) is 3.11. The Morgan fingerprint density at radius 1 is 1.38 bits per heavy atom. The van der Waals surface area contributed by atoms with E-state index in [0.29, 0.717) is 4.57 Å². The van der Waals surface area contributed by atoms with Crippen LogP contribution in [0.15, 0.2) is 23.0 Å². The van der Waals surface area contributed by atoms with Crippen LogP contribution in [0.25, 0.3) is 0 Å². The maximum absolute atomic E-state index is 12.5. The number of alkyl halides is 3. The summed E-state index contributed by atoms with van der Waals surface area (Å²) in [7, 11) is 0. The topological polar surface area (TPSA) is 65.1 Å². The summed E-state index contributed by atoms with van der Waals surface area (Å²) in [5.74, 6) is -0.760. The molecule has 1 heterocycles. The second kappa shape index (κ2) is 4.38. The average Bonchev–Trinajstić information content (AvgIpc) is 2.13. The predicted molar refractivity (Wildman–Crippen MR) is 49.5 cm³/mol. The van der Waals surface area contributed by atoms with E-state index in [1.807, 2.05) is 0 Å². The lowest BCUT2D eigenvalue weighted by molar-refractivity contribution is -0.144. The first kappa shape index (κ1) is 12.3. The number of pyridine rings is 1. The molecule has 0 atom stereocenters. The van der Waals surface area contributed by atoms with Gasteiger partial charge in [0.15, 0.2) is 0 Å². The van der Waals surface area contributed by atoms with Crippen molar-refractivity contribution in [2.24, 2.45) is 5.73 Å². The van der Waals surface area contributed by atoms with Gasteiger partial charge in [0.05, 0.1) is 0 Å². The largest absolute Gasteiger partial charge is 0.431 e. The number of hydrogen-bond acceptors (Lipinski definition) is 2. The Kier molecular flexibility index (Phi) is 3.36. The number of carbonyl (C=O) groups excluding carboxylic acids is 1. The third-order valence-electron chi connectivity index (χ3n) is 1.92. The van der Waals surface area contributed by atoms with Crippen LogP contribution in [0.3, 0.4) is 0 Å². The fraction of sp³-hybridized carbons (Fsp3) is 0.333. The smallest absolute Gasteiger partial charge is 0.370 e. The van der Waals surface area contributed by atoms with E-state index in [4.69, 9.17) is 5.73 Å². The van der Waals surface area contributed by atoms with Crippen molar-refractivity contribution in [1.82, 2.24) is 4.57 Å². The standard InChI is InChI=1S/C9H9F3N2O2/c10-9(11,12)6-2-1-3-8(16)14(6)5-4-7(13)15/h1-3H,4-5H2,(H2,13,15). The molecule has 16 heavy (non-hydrogen) atoms. The predicted octanol–water partition coefficient (Wildman–Crippen LogP) is 0.742.